The summed E-state index contributed by atoms with van der Waals surface area (Å²) in [5, 5.41) is 0. The Morgan fingerprint density at radius 1 is 0.833 bits per heavy atom. The topological polar surface area (TPSA) is 28.7 Å². The SMILES string of the molecule is Cc1[nH]c(-c2ccc(-c3ccc(F)cc3)s2)nc1-c1ccccc1. The lowest BCUT2D eigenvalue weighted by molar-refractivity contribution is 0.628. The Kier molecular flexibility index (Phi) is 3.75. The first kappa shape index (κ1) is 14.8. The van der Waals surface area contributed by atoms with Crippen LogP contribution in [0.3, 0.4) is 0 Å². The number of nitrogens with zero attached hydrogens (tertiary/aromatic N) is 1. The zero-order valence-corrected chi connectivity index (χ0v) is 13.9. The third-order valence-corrected chi connectivity index (χ3v) is 5.04. The van der Waals surface area contributed by atoms with Crippen LogP contribution in [0.5, 0.6) is 0 Å². The van der Waals surface area contributed by atoms with Gasteiger partial charge >= 0.3 is 0 Å². The molecule has 0 saturated carbocycles. The summed E-state index contributed by atoms with van der Waals surface area (Å²) in [6.45, 7) is 2.04. The van der Waals surface area contributed by atoms with Crippen molar-refractivity contribution in [3.63, 3.8) is 0 Å². The number of rotatable bonds is 3. The predicted molar refractivity (Wildman–Crippen MR) is 97.5 cm³/mol. The molecule has 118 valence electrons. The number of thiophene rings is 1. The molecule has 2 heterocycles. The molecule has 4 aromatic rings. The van der Waals surface area contributed by atoms with Gasteiger partial charge in [0.25, 0.3) is 0 Å². The quantitative estimate of drug-likeness (QED) is 0.495. The lowest BCUT2D eigenvalue weighted by atomic mass is 10.1. The van der Waals surface area contributed by atoms with E-state index >= 15 is 0 Å². The minimum absolute atomic E-state index is 0.218. The van der Waals surface area contributed by atoms with E-state index in [0.29, 0.717) is 0 Å². The highest BCUT2D eigenvalue weighted by Crippen LogP contribution is 2.34. The van der Waals surface area contributed by atoms with E-state index in [4.69, 9.17) is 4.98 Å². The third kappa shape index (κ3) is 2.76. The highest BCUT2D eigenvalue weighted by molar-refractivity contribution is 7.18. The minimum atomic E-state index is -0.218. The molecule has 0 bridgehead atoms. The van der Waals surface area contributed by atoms with E-state index in [-0.39, 0.29) is 5.82 Å². The molecule has 0 amide bonds. The van der Waals surface area contributed by atoms with Crippen molar-refractivity contribution >= 4 is 11.3 Å². The maximum absolute atomic E-state index is 13.1. The van der Waals surface area contributed by atoms with Crippen LogP contribution < -0.4 is 0 Å². The van der Waals surface area contributed by atoms with E-state index in [2.05, 4.69) is 23.2 Å². The molecule has 0 aliphatic heterocycles. The average Bonchev–Trinajstić information content (AvgIpc) is 3.23. The Bertz CT molecular complexity index is 969. The van der Waals surface area contributed by atoms with Crippen LogP contribution in [0.1, 0.15) is 5.69 Å². The number of nitrogens with one attached hydrogen (secondary N) is 1. The first-order valence-electron chi connectivity index (χ1n) is 7.69. The van der Waals surface area contributed by atoms with Gasteiger partial charge in [0.2, 0.25) is 0 Å². The third-order valence-electron chi connectivity index (χ3n) is 3.90. The molecular formula is C20H15FN2S. The molecule has 0 unspecified atom stereocenters. The Balaban J connectivity index is 1.69. The van der Waals surface area contributed by atoms with Gasteiger partial charge in [0.1, 0.15) is 11.6 Å². The van der Waals surface area contributed by atoms with Crippen molar-refractivity contribution in [2.45, 2.75) is 6.92 Å². The van der Waals surface area contributed by atoms with Crippen LogP contribution in [-0.2, 0) is 0 Å². The normalized spacial score (nSPS) is 10.9. The molecule has 0 saturated heterocycles. The fourth-order valence-corrected chi connectivity index (χ4v) is 3.65. The highest BCUT2D eigenvalue weighted by atomic mass is 32.1. The summed E-state index contributed by atoms with van der Waals surface area (Å²) < 4.78 is 13.1. The first-order chi connectivity index (χ1) is 11.7. The Morgan fingerprint density at radius 3 is 2.29 bits per heavy atom. The van der Waals surface area contributed by atoms with Crippen LogP contribution in [0.15, 0.2) is 66.7 Å². The second-order valence-electron chi connectivity index (χ2n) is 5.60. The molecule has 2 aromatic carbocycles. The Hall–Kier alpha value is -2.72. The standard InChI is InChI=1S/C20H15FN2S/c1-13-19(15-5-3-2-4-6-15)23-20(22-13)18-12-11-17(24-18)14-7-9-16(21)10-8-14/h2-12H,1H3,(H,22,23). The van der Waals surface area contributed by atoms with E-state index < -0.39 is 0 Å². The summed E-state index contributed by atoms with van der Waals surface area (Å²) in [6.07, 6.45) is 0. The monoisotopic (exact) mass is 334 g/mol. The number of H-pyrrole nitrogens is 1. The lowest BCUT2D eigenvalue weighted by Crippen LogP contribution is -1.79. The number of imidazole rings is 1. The van der Waals surface area contributed by atoms with E-state index in [9.17, 15) is 4.39 Å². The zero-order valence-electron chi connectivity index (χ0n) is 13.1. The van der Waals surface area contributed by atoms with Crippen molar-refractivity contribution in [1.82, 2.24) is 9.97 Å². The number of hydrogen-bond donors (Lipinski definition) is 1. The van der Waals surface area contributed by atoms with Crippen molar-refractivity contribution in [3.05, 3.63) is 78.2 Å². The number of hydrogen-bond acceptors (Lipinski definition) is 2. The molecule has 24 heavy (non-hydrogen) atoms. The van der Waals surface area contributed by atoms with Crippen molar-refractivity contribution in [1.29, 1.82) is 0 Å². The summed E-state index contributed by atoms with van der Waals surface area (Å²) in [6, 6.07) is 20.8. The Morgan fingerprint density at radius 2 is 1.54 bits per heavy atom. The summed E-state index contributed by atoms with van der Waals surface area (Å²) in [5.74, 6) is 0.648. The smallest absolute Gasteiger partial charge is 0.148 e. The van der Waals surface area contributed by atoms with Crippen molar-refractivity contribution < 1.29 is 4.39 Å². The van der Waals surface area contributed by atoms with Crippen molar-refractivity contribution in [3.8, 4) is 32.4 Å². The Labute approximate surface area is 143 Å². The zero-order chi connectivity index (χ0) is 16.5. The molecule has 0 aliphatic rings. The van der Waals surface area contributed by atoms with Crippen LogP contribution in [0.4, 0.5) is 4.39 Å². The van der Waals surface area contributed by atoms with Crippen LogP contribution in [0, 0.1) is 12.7 Å². The molecule has 0 aliphatic carbocycles. The van der Waals surface area contributed by atoms with Gasteiger partial charge < -0.3 is 4.98 Å². The fourth-order valence-electron chi connectivity index (χ4n) is 2.69. The van der Waals surface area contributed by atoms with Crippen LogP contribution in [0.25, 0.3) is 32.4 Å². The van der Waals surface area contributed by atoms with Crippen molar-refractivity contribution in [2.75, 3.05) is 0 Å². The minimum Gasteiger partial charge on any atom is -0.341 e. The molecule has 2 nitrogen and oxygen atoms in total. The van der Waals surface area contributed by atoms with Crippen LogP contribution in [0.2, 0.25) is 0 Å². The van der Waals surface area contributed by atoms with Gasteiger partial charge in [-0.3, -0.25) is 0 Å². The molecule has 0 spiro atoms. The van der Waals surface area contributed by atoms with E-state index in [0.717, 1.165) is 38.1 Å². The van der Waals surface area contributed by atoms with E-state index in [1.54, 1.807) is 23.5 Å². The first-order valence-corrected chi connectivity index (χ1v) is 8.50. The number of aryl methyl sites for hydroxylation is 1. The van der Waals surface area contributed by atoms with Gasteiger partial charge in [-0.25, -0.2) is 9.37 Å². The average molecular weight is 334 g/mol. The highest BCUT2D eigenvalue weighted by Gasteiger charge is 2.12. The number of aromatic nitrogens is 2. The van der Waals surface area contributed by atoms with Gasteiger partial charge in [-0.15, -0.1) is 11.3 Å². The van der Waals surface area contributed by atoms with Gasteiger partial charge in [-0.2, -0.15) is 0 Å². The van der Waals surface area contributed by atoms with Crippen LogP contribution >= 0.6 is 11.3 Å². The van der Waals surface area contributed by atoms with E-state index in [1.165, 1.54) is 12.1 Å². The summed E-state index contributed by atoms with van der Waals surface area (Å²) in [7, 11) is 0. The molecule has 4 rings (SSSR count). The molecule has 1 N–H and O–H groups in total. The van der Waals surface area contributed by atoms with Gasteiger partial charge in [-0.05, 0) is 36.8 Å². The summed E-state index contributed by atoms with van der Waals surface area (Å²) in [4.78, 5) is 10.3. The summed E-state index contributed by atoms with van der Waals surface area (Å²) in [5.41, 5.74) is 4.14. The molecule has 2 aromatic heterocycles. The number of halogens is 1. The second kappa shape index (κ2) is 6.06. The summed E-state index contributed by atoms with van der Waals surface area (Å²) >= 11 is 1.65. The molecule has 0 fully saturated rings. The maximum atomic E-state index is 13.1. The van der Waals surface area contributed by atoms with Crippen molar-refractivity contribution in [2.24, 2.45) is 0 Å². The fraction of sp³-hybridized carbons (Fsp3) is 0.0500. The predicted octanol–water partition coefficient (Wildman–Crippen LogP) is 5.92. The lowest BCUT2D eigenvalue weighted by Gasteiger charge is -1.96. The van der Waals surface area contributed by atoms with Gasteiger partial charge in [-0.1, -0.05) is 42.5 Å². The number of benzene rings is 2. The van der Waals surface area contributed by atoms with Gasteiger partial charge in [0.05, 0.1) is 10.6 Å². The van der Waals surface area contributed by atoms with Gasteiger partial charge in [0, 0.05) is 16.1 Å². The molecular weight excluding hydrogens is 319 g/mol. The van der Waals surface area contributed by atoms with Crippen LogP contribution in [-0.4, -0.2) is 9.97 Å². The maximum Gasteiger partial charge on any atom is 0.148 e. The number of aromatic amines is 1. The van der Waals surface area contributed by atoms with Gasteiger partial charge in [0.15, 0.2) is 0 Å². The molecule has 0 atom stereocenters. The second-order valence-corrected chi connectivity index (χ2v) is 6.68. The van der Waals surface area contributed by atoms with E-state index in [1.807, 2.05) is 31.2 Å². The molecule has 0 radical (unpaired) electrons. The largest absolute Gasteiger partial charge is 0.341 e. The molecule has 4 heteroatoms.